The SMILES string of the molecule is O=[N+]([O-])c1ccc([C@H](N=Cc2ccccc2O)[C@@H](N=Cc2ccccc2O)c2ccc([N+](=O)[O-])cc2)cc1. The van der Waals surface area contributed by atoms with Crippen LogP contribution in [0.1, 0.15) is 34.3 Å². The van der Waals surface area contributed by atoms with Crippen molar-refractivity contribution in [2.45, 2.75) is 12.1 Å². The highest BCUT2D eigenvalue weighted by atomic mass is 16.6. The molecule has 0 aliphatic carbocycles. The van der Waals surface area contributed by atoms with E-state index in [9.17, 15) is 30.4 Å². The molecule has 0 amide bonds. The molecule has 0 aliphatic rings. The first-order valence-corrected chi connectivity index (χ1v) is 11.4. The number of nitrogens with zero attached hydrogens (tertiary/aromatic N) is 4. The summed E-state index contributed by atoms with van der Waals surface area (Å²) in [6.45, 7) is 0. The molecule has 4 aromatic carbocycles. The first kappa shape index (κ1) is 25.7. The molecule has 0 unspecified atom stereocenters. The molecule has 0 heterocycles. The van der Waals surface area contributed by atoms with Crippen LogP contribution in [0.25, 0.3) is 0 Å². The summed E-state index contributed by atoms with van der Waals surface area (Å²) in [5, 5.41) is 42.9. The maximum atomic E-state index is 11.2. The van der Waals surface area contributed by atoms with Gasteiger partial charge in [-0.05, 0) is 59.7 Å². The predicted molar refractivity (Wildman–Crippen MR) is 143 cm³/mol. The normalized spacial score (nSPS) is 12.9. The predicted octanol–water partition coefficient (Wildman–Crippen LogP) is 5.93. The number of aromatic hydroxyl groups is 2. The van der Waals surface area contributed by atoms with Crippen molar-refractivity contribution in [3.8, 4) is 11.5 Å². The van der Waals surface area contributed by atoms with Crippen molar-refractivity contribution in [1.29, 1.82) is 0 Å². The van der Waals surface area contributed by atoms with E-state index >= 15 is 0 Å². The number of rotatable bonds is 9. The molecule has 2 atom stereocenters. The Morgan fingerprint density at radius 3 is 1.24 bits per heavy atom. The maximum Gasteiger partial charge on any atom is 0.269 e. The van der Waals surface area contributed by atoms with E-state index in [-0.39, 0.29) is 22.9 Å². The van der Waals surface area contributed by atoms with Crippen LogP contribution >= 0.6 is 0 Å². The van der Waals surface area contributed by atoms with Gasteiger partial charge in [0.25, 0.3) is 11.4 Å². The van der Waals surface area contributed by atoms with Gasteiger partial charge in [0.2, 0.25) is 0 Å². The largest absolute Gasteiger partial charge is 0.507 e. The summed E-state index contributed by atoms with van der Waals surface area (Å²) >= 11 is 0. The molecule has 0 aromatic heterocycles. The number of phenolic OH excluding ortho intramolecular Hbond substituents is 2. The van der Waals surface area contributed by atoms with Gasteiger partial charge in [-0.15, -0.1) is 0 Å². The number of nitro benzene ring substituents is 2. The highest BCUT2D eigenvalue weighted by Gasteiger charge is 2.25. The lowest BCUT2D eigenvalue weighted by molar-refractivity contribution is -0.385. The standard InChI is InChI=1S/C28H22N4O6/c33-25-7-3-1-5-21(25)17-29-27(19-9-13-23(14-10-19)31(35)36)28(20-11-15-24(16-12-20)32(37)38)30-18-22-6-2-4-8-26(22)34/h1-18,27-28,33-34H/t27-,28-/m0/s1. The number of phenols is 2. The third-order valence-corrected chi connectivity index (χ3v) is 5.81. The van der Waals surface area contributed by atoms with E-state index in [0.29, 0.717) is 22.3 Å². The summed E-state index contributed by atoms with van der Waals surface area (Å²) in [6.07, 6.45) is 2.96. The molecule has 190 valence electrons. The Hall–Kier alpha value is -5.38. The van der Waals surface area contributed by atoms with E-state index in [1.165, 1.54) is 48.8 Å². The summed E-state index contributed by atoms with van der Waals surface area (Å²) in [5.74, 6) is 0.0339. The zero-order chi connectivity index (χ0) is 27.1. The Morgan fingerprint density at radius 2 is 0.921 bits per heavy atom. The van der Waals surface area contributed by atoms with Gasteiger partial charge in [0, 0.05) is 47.8 Å². The van der Waals surface area contributed by atoms with Crippen LogP contribution in [0.2, 0.25) is 0 Å². The zero-order valence-electron chi connectivity index (χ0n) is 19.9. The lowest BCUT2D eigenvalue weighted by atomic mass is 9.93. The molecule has 4 aromatic rings. The molecular formula is C28H22N4O6. The van der Waals surface area contributed by atoms with Crippen molar-refractivity contribution in [2.75, 3.05) is 0 Å². The van der Waals surface area contributed by atoms with E-state index in [4.69, 9.17) is 9.98 Å². The molecule has 0 saturated heterocycles. The van der Waals surface area contributed by atoms with Gasteiger partial charge in [-0.25, -0.2) is 0 Å². The van der Waals surface area contributed by atoms with Crippen LogP contribution in [-0.4, -0.2) is 32.5 Å². The molecule has 0 fully saturated rings. The number of para-hydroxylation sites is 2. The zero-order valence-corrected chi connectivity index (χ0v) is 19.9. The Balaban J connectivity index is 1.85. The average Bonchev–Trinajstić information content (AvgIpc) is 2.92. The molecule has 0 saturated carbocycles. The fourth-order valence-corrected chi connectivity index (χ4v) is 3.80. The second-order valence-electron chi connectivity index (χ2n) is 8.26. The average molecular weight is 511 g/mol. The quantitative estimate of drug-likeness (QED) is 0.162. The lowest BCUT2D eigenvalue weighted by Crippen LogP contribution is -2.10. The van der Waals surface area contributed by atoms with E-state index in [1.54, 1.807) is 60.7 Å². The molecule has 2 N–H and O–H groups in total. The minimum absolute atomic E-state index is 0.0169. The van der Waals surface area contributed by atoms with Crippen molar-refractivity contribution < 1.29 is 20.1 Å². The van der Waals surface area contributed by atoms with E-state index < -0.39 is 21.9 Å². The third-order valence-electron chi connectivity index (χ3n) is 5.81. The topological polar surface area (TPSA) is 151 Å². The van der Waals surface area contributed by atoms with E-state index in [1.807, 2.05) is 0 Å². The molecule has 0 spiro atoms. The van der Waals surface area contributed by atoms with Gasteiger partial charge >= 0.3 is 0 Å². The first-order chi connectivity index (χ1) is 18.3. The number of nitro groups is 2. The maximum absolute atomic E-state index is 11.2. The second kappa shape index (κ2) is 11.6. The van der Waals surface area contributed by atoms with Gasteiger partial charge in [-0.2, -0.15) is 0 Å². The summed E-state index contributed by atoms with van der Waals surface area (Å²) < 4.78 is 0. The number of aliphatic imine (C=N–C) groups is 2. The Labute approximate surface area is 217 Å². The van der Waals surface area contributed by atoms with Crippen molar-refractivity contribution in [1.82, 2.24) is 0 Å². The third kappa shape index (κ3) is 6.05. The van der Waals surface area contributed by atoms with E-state index in [0.717, 1.165) is 0 Å². The van der Waals surface area contributed by atoms with Gasteiger partial charge in [-0.1, -0.05) is 24.3 Å². The molecule has 10 heteroatoms. The Kier molecular flexibility index (Phi) is 7.83. The van der Waals surface area contributed by atoms with Gasteiger partial charge in [0.05, 0.1) is 9.85 Å². The van der Waals surface area contributed by atoms with Crippen LogP contribution in [0.4, 0.5) is 11.4 Å². The van der Waals surface area contributed by atoms with Crippen LogP contribution in [0.3, 0.4) is 0 Å². The minimum Gasteiger partial charge on any atom is -0.507 e. The minimum atomic E-state index is -0.751. The number of non-ortho nitro benzene ring substituents is 2. The van der Waals surface area contributed by atoms with E-state index in [2.05, 4.69) is 0 Å². The first-order valence-electron chi connectivity index (χ1n) is 11.4. The van der Waals surface area contributed by atoms with Gasteiger partial charge in [0.1, 0.15) is 23.6 Å². The molecule has 38 heavy (non-hydrogen) atoms. The van der Waals surface area contributed by atoms with Crippen molar-refractivity contribution >= 4 is 23.8 Å². The van der Waals surface area contributed by atoms with Crippen molar-refractivity contribution in [2.24, 2.45) is 9.98 Å². The Bertz CT molecular complexity index is 1390. The molecule has 4 rings (SSSR count). The summed E-state index contributed by atoms with van der Waals surface area (Å²) in [5.41, 5.74) is 1.88. The highest BCUT2D eigenvalue weighted by molar-refractivity contribution is 5.84. The highest BCUT2D eigenvalue weighted by Crippen LogP contribution is 2.37. The van der Waals surface area contributed by atoms with Crippen LogP contribution in [0.5, 0.6) is 11.5 Å². The van der Waals surface area contributed by atoms with Crippen molar-refractivity contribution in [3.63, 3.8) is 0 Å². The number of hydrogen-bond donors (Lipinski definition) is 2. The summed E-state index contributed by atoms with van der Waals surface area (Å²) in [6, 6.07) is 23.4. The van der Waals surface area contributed by atoms with Gasteiger partial charge in [0.15, 0.2) is 0 Å². The van der Waals surface area contributed by atoms with Crippen LogP contribution < -0.4 is 0 Å². The fourth-order valence-electron chi connectivity index (χ4n) is 3.80. The van der Waals surface area contributed by atoms with Gasteiger partial charge < -0.3 is 10.2 Å². The van der Waals surface area contributed by atoms with Crippen molar-refractivity contribution in [3.05, 3.63) is 140 Å². The van der Waals surface area contributed by atoms with Gasteiger partial charge in [-0.3, -0.25) is 30.2 Å². The number of hydrogen-bond acceptors (Lipinski definition) is 8. The molecule has 0 bridgehead atoms. The summed E-state index contributed by atoms with van der Waals surface area (Å²) in [7, 11) is 0. The molecule has 10 nitrogen and oxygen atoms in total. The van der Waals surface area contributed by atoms with Crippen LogP contribution in [-0.2, 0) is 0 Å². The molecule has 0 radical (unpaired) electrons. The summed E-state index contributed by atoms with van der Waals surface area (Å²) in [4.78, 5) is 30.8. The Morgan fingerprint density at radius 1 is 0.579 bits per heavy atom. The van der Waals surface area contributed by atoms with Crippen LogP contribution in [0.15, 0.2) is 107 Å². The second-order valence-corrected chi connectivity index (χ2v) is 8.26. The molecular weight excluding hydrogens is 488 g/mol. The lowest BCUT2D eigenvalue weighted by Gasteiger charge is -2.22. The fraction of sp³-hybridized carbons (Fsp3) is 0.0714. The molecule has 0 aliphatic heterocycles. The number of benzene rings is 4. The smallest absolute Gasteiger partial charge is 0.269 e. The van der Waals surface area contributed by atoms with Crippen LogP contribution in [0, 0.1) is 20.2 Å². The monoisotopic (exact) mass is 510 g/mol.